The fourth-order valence-electron chi connectivity index (χ4n) is 3.67. The highest BCUT2D eigenvalue weighted by atomic mass is 35.5. The number of nitrogen functional groups attached to an aromatic ring is 1. The summed E-state index contributed by atoms with van der Waals surface area (Å²) in [5.41, 5.74) is 11.8. The number of carbonyl (C=O) groups is 1. The molecule has 1 unspecified atom stereocenters. The van der Waals surface area contributed by atoms with E-state index < -0.39 is 10.3 Å². The third-order valence-corrected chi connectivity index (χ3v) is 5.91. The lowest BCUT2D eigenvalue weighted by Gasteiger charge is -2.30. The van der Waals surface area contributed by atoms with E-state index in [4.69, 9.17) is 40.5 Å². The first-order valence-electron chi connectivity index (χ1n) is 10.3. The molecule has 3 aromatic carbocycles. The topological polar surface area (TPSA) is 67.1 Å². The molecule has 0 saturated heterocycles. The Morgan fingerprint density at radius 1 is 0.970 bits per heavy atom. The normalized spacial score (nSPS) is 12.2. The Morgan fingerprint density at radius 3 is 2.24 bits per heavy atom. The fraction of sp³-hybridized carbons (Fsp3) is 0.192. The van der Waals surface area contributed by atoms with Gasteiger partial charge in [0.05, 0.1) is 16.6 Å². The second-order valence-electron chi connectivity index (χ2n) is 8.23. The minimum Gasteiger partial charge on any atom is -0.399 e. The Balaban J connectivity index is 1.85. The summed E-state index contributed by atoms with van der Waals surface area (Å²) in [5.74, 6) is -0.709. The molecule has 0 spiro atoms. The summed E-state index contributed by atoms with van der Waals surface area (Å²) in [6.45, 7) is 9.81. The van der Waals surface area contributed by atoms with Crippen molar-refractivity contribution in [2.24, 2.45) is 0 Å². The second kappa shape index (κ2) is 10.1. The number of hydrogen-bond acceptors (Lipinski definition) is 3. The number of alkyl halides is 2. The Labute approximate surface area is 209 Å². The SMILES string of the molecule is C=C(Nc1ccc(Cl)c(NC(=O)c2ccc(C)cc2)c1)C(c1cc(C)cc(N)c1)C(C)(Cl)Cl. The Bertz CT molecular complexity index is 1160. The highest BCUT2D eigenvalue weighted by Gasteiger charge is 2.34. The van der Waals surface area contributed by atoms with Crippen LogP contribution in [0.2, 0.25) is 5.02 Å². The Hall–Kier alpha value is -2.66. The number of carbonyl (C=O) groups excluding carboxylic acids is 1. The highest BCUT2D eigenvalue weighted by molar-refractivity contribution is 6.48. The lowest BCUT2D eigenvalue weighted by molar-refractivity contribution is 0.102. The summed E-state index contributed by atoms with van der Waals surface area (Å²) < 4.78 is -1.15. The number of nitrogens with two attached hydrogens (primary N) is 1. The number of rotatable bonds is 7. The predicted octanol–water partition coefficient (Wildman–Crippen LogP) is 7.69. The molecule has 4 nitrogen and oxygen atoms in total. The number of halogens is 3. The third kappa shape index (κ3) is 6.44. The molecule has 0 aliphatic carbocycles. The molecular weight excluding hydrogens is 477 g/mol. The van der Waals surface area contributed by atoms with Crippen LogP contribution in [0.4, 0.5) is 17.1 Å². The third-order valence-electron chi connectivity index (χ3n) is 5.14. The van der Waals surface area contributed by atoms with Crippen molar-refractivity contribution in [3.05, 3.63) is 100 Å². The van der Waals surface area contributed by atoms with Crippen molar-refractivity contribution in [3.8, 4) is 0 Å². The van der Waals surface area contributed by atoms with Gasteiger partial charge in [0.1, 0.15) is 4.33 Å². The van der Waals surface area contributed by atoms with Gasteiger partial charge in [-0.3, -0.25) is 4.79 Å². The quantitative estimate of drug-likeness (QED) is 0.229. The number of amides is 1. The molecule has 7 heteroatoms. The Morgan fingerprint density at radius 2 is 1.64 bits per heavy atom. The highest BCUT2D eigenvalue weighted by Crippen LogP contribution is 2.43. The van der Waals surface area contributed by atoms with Gasteiger partial charge in [-0.05, 0) is 74.4 Å². The van der Waals surface area contributed by atoms with Gasteiger partial charge in [0.15, 0.2) is 0 Å². The number of allylic oxidation sites excluding steroid dienone is 1. The molecular formula is C26H26Cl3N3O. The first kappa shape index (κ1) is 25.0. The molecule has 3 aromatic rings. The van der Waals surface area contributed by atoms with Crippen molar-refractivity contribution in [1.82, 2.24) is 0 Å². The maximum atomic E-state index is 12.6. The molecule has 1 amide bonds. The van der Waals surface area contributed by atoms with Crippen LogP contribution < -0.4 is 16.4 Å². The summed E-state index contributed by atoms with van der Waals surface area (Å²) >= 11 is 19.4. The second-order valence-corrected chi connectivity index (χ2v) is 10.4. The lowest BCUT2D eigenvalue weighted by Crippen LogP contribution is -2.25. The molecule has 1 atom stereocenters. The van der Waals surface area contributed by atoms with Crippen LogP contribution in [-0.4, -0.2) is 10.2 Å². The average molecular weight is 503 g/mol. The van der Waals surface area contributed by atoms with Gasteiger partial charge in [0.2, 0.25) is 0 Å². The molecule has 0 heterocycles. The number of hydrogen-bond donors (Lipinski definition) is 3. The van der Waals surface area contributed by atoms with Crippen LogP contribution in [0.25, 0.3) is 0 Å². The van der Waals surface area contributed by atoms with Crippen LogP contribution in [0.15, 0.2) is 72.9 Å². The van der Waals surface area contributed by atoms with E-state index in [1.165, 1.54) is 0 Å². The van der Waals surface area contributed by atoms with Gasteiger partial charge >= 0.3 is 0 Å². The van der Waals surface area contributed by atoms with Crippen LogP contribution in [0.1, 0.15) is 39.9 Å². The van der Waals surface area contributed by atoms with Crippen LogP contribution in [0.3, 0.4) is 0 Å². The molecule has 0 saturated carbocycles. The number of benzene rings is 3. The summed E-state index contributed by atoms with van der Waals surface area (Å²) in [7, 11) is 0. The van der Waals surface area contributed by atoms with Gasteiger partial charge in [-0.25, -0.2) is 0 Å². The van der Waals surface area contributed by atoms with Crippen molar-refractivity contribution in [3.63, 3.8) is 0 Å². The summed E-state index contributed by atoms with van der Waals surface area (Å²) in [6.07, 6.45) is 0. The van der Waals surface area contributed by atoms with Crippen molar-refractivity contribution < 1.29 is 4.79 Å². The molecule has 33 heavy (non-hydrogen) atoms. The van der Waals surface area contributed by atoms with Gasteiger partial charge in [0, 0.05) is 22.6 Å². The Kier molecular flexibility index (Phi) is 7.63. The van der Waals surface area contributed by atoms with E-state index in [1.807, 2.05) is 44.2 Å². The summed E-state index contributed by atoms with van der Waals surface area (Å²) in [6, 6.07) is 18.2. The van der Waals surface area contributed by atoms with Gasteiger partial charge in [0.25, 0.3) is 5.91 Å². The molecule has 4 N–H and O–H groups in total. The first-order chi connectivity index (χ1) is 15.4. The summed E-state index contributed by atoms with van der Waals surface area (Å²) in [5, 5.41) is 6.53. The minimum atomic E-state index is -1.15. The molecule has 0 aliphatic heterocycles. The monoisotopic (exact) mass is 501 g/mol. The van der Waals surface area contributed by atoms with E-state index in [2.05, 4.69) is 17.2 Å². The van der Waals surface area contributed by atoms with E-state index >= 15 is 0 Å². The van der Waals surface area contributed by atoms with E-state index in [9.17, 15) is 4.79 Å². The minimum absolute atomic E-state index is 0.255. The van der Waals surface area contributed by atoms with Crippen LogP contribution in [0.5, 0.6) is 0 Å². The van der Waals surface area contributed by atoms with Gasteiger partial charge in [-0.15, -0.1) is 23.2 Å². The zero-order valence-corrected chi connectivity index (χ0v) is 20.9. The first-order valence-corrected chi connectivity index (χ1v) is 11.5. The zero-order valence-electron chi connectivity index (χ0n) is 18.7. The smallest absolute Gasteiger partial charge is 0.255 e. The largest absolute Gasteiger partial charge is 0.399 e. The van der Waals surface area contributed by atoms with Crippen LogP contribution >= 0.6 is 34.8 Å². The average Bonchev–Trinajstić information content (AvgIpc) is 2.69. The molecule has 172 valence electrons. The molecule has 0 aliphatic rings. The van der Waals surface area contributed by atoms with Gasteiger partial charge < -0.3 is 16.4 Å². The number of nitrogens with one attached hydrogen (secondary N) is 2. The molecule has 0 aromatic heterocycles. The number of anilines is 3. The van der Waals surface area contributed by atoms with E-state index in [1.54, 1.807) is 37.3 Å². The molecule has 0 radical (unpaired) electrons. The fourth-order valence-corrected chi connectivity index (χ4v) is 4.35. The standard InChI is InChI=1S/C26H26Cl3N3O/c1-15-5-7-18(8-6-15)25(33)32-23-14-21(9-10-22(23)27)31-17(3)24(26(4,28)29)19-11-16(2)12-20(30)13-19/h5-14,24,31H,3,30H2,1-2,4H3,(H,32,33). The number of aryl methyl sites for hydroxylation is 2. The van der Waals surface area contributed by atoms with Crippen molar-refractivity contribution in [2.45, 2.75) is 31.0 Å². The molecule has 0 bridgehead atoms. The van der Waals surface area contributed by atoms with Crippen LogP contribution in [0, 0.1) is 13.8 Å². The van der Waals surface area contributed by atoms with Crippen molar-refractivity contribution >= 4 is 57.8 Å². The van der Waals surface area contributed by atoms with E-state index in [-0.39, 0.29) is 5.91 Å². The van der Waals surface area contributed by atoms with E-state index in [0.717, 1.165) is 16.7 Å². The lowest BCUT2D eigenvalue weighted by atomic mass is 9.91. The molecule has 3 rings (SSSR count). The maximum Gasteiger partial charge on any atom is 0.255 e. The van der Waals surface area contributed by atoms with E-state index in [0.29, 0.717) is 33.3 Å². The zero-order chi connectivity index (χ0) is 24.3. The molecule has 0 fully saturated rings. The maximum absolute atomic E-state index is 12.6. The van der Waals surface area contributed by atoms with Gasteiger partial charge in [-0.1, -0.05) is 41.9 Å². The van der Waals surface area contributed by atoms with Crippen LogP contribution in [-0.2, 0) is 0 Å². The van der Waals surface area contributed by atoms with Crippen molar-refractivity contribution in [2.75, 3.05) is 16.4 Å². The predicted molar refractivity (Wildman–Crippen MR) is 142 cm³/mol. The summed E-state index contributed by atoms with van der Waals surface area (Å²) in [4.78, 5) is 12.6. The van der Waals surface area contributed by atoms with Gasteiger partial charge in [-0.2, -0.15) is 0 Å². The van der Waals surface area contributed by atoms with Crippen molar-refractivity contribution in [1.29, 1.82) is 0 Å².